The van der Waals surface area contributed by atoms with Crippen LogP contribution in [0.15, 0.2) is 24.3 Å². The van der Waals surface area contributed by atoms with Crippen molar-refractivity contribution in [3.63, 3.8) is 0 Å². The maximum absolute atomic E-state index is 11.3. The van der Waals surface area contributed by atoms with Gasteiger partial charge in [-0.05, 0) is 56.9 Å². The van der Waals surface area contributed by atoms with E-state index in [0.717, 1.165) is 37.1 Å². The Morgan fingerprint density at radius 2 is 1.80 bits per heavy atom. The van der Waals surface area contributed by atoms with Gasteiger partial charge >= 0.3 is 6.09 Å². The fraction of sp³-hybridized carbons (Fsp3) is 0.533. The molecule has 0 aliphatic heterocycles. The zero-order valence-corrected chi connectivity index (χ0v) is 11.9. The molecule has 110 valence electrons. The van der Waals surface area contributed by atoms with Gasteiger partial charge in [0.1, 0.15) is 0 Å². The Hall–Kier alpha value is -1.75. The van der Waals surface area contributed by atoms with Crippen LogP contribution in [-0.4, -0.2) is 24.8 Å². The Morgan fingerprint density at radius 1 is 1.20 bits per heavy atom. The summed E-state index contributed by atoms with van der Waals surface area (Å²) in [6.45, 7) is 2.15. The van der Waals surface area contributed by atoms with E-state index in [1.54, 1.807) is 6.92 Å². The predicted octanol–water partition coefficient (Wildman–Crippen LogP) is 2.94. The summed E-state index contributed by atoms with van der Waals surface area (Å²) in [5, 5.41) is 6.18. The molecular weight excluding hydrogens is 254 g/mol. The van der Waals surface area contributed by atoms with Crippen molar-refractivity contribution in [3.8, 4) is 0 Å². The Labute approximate surface area is 119 Å². The quantitative estimate of drug-likeness (QED) is 0.791. The van der Waals surface area contributed by atoms with Gasteiger partial charge in [-0.1, -0.05) is 0 Å². The number of benzene rings is 1. The molecule has 20 heavy (non-hydrogen) atoms. The lowest BCUT2D eigenvalue weighted by Crippen LogP contribution is -2.32. The van der Waals surface area contributed by atoms with Crippen molar-refractivity contribution in [3.05, 3.63) is 24.3 Å². The second-order valence-electron chi connectivity index (χ2n) is 5.18. The lowest BCUT2D eigenvalue weighted by molar-refractivity contribution is 0.168. The number of nitrogens with two attached hydrogens (primary N) is 1. The summed E-state index contributed by atoms with van der Waals surface area (Å²) in [5.74, 6) is 0. The minimum Gasteiger partial charge on any atom is -0.450 e. The summed E-state index contributed by atoms with van der Waals surface area (Å²) >= 11 is 0. The van der Waals surface area contributed by atoms with Crippen molar-refractivity contribution in [2.45, 2.75) is 44.7 Å². The number of ether oxygens (including phenoxy) is 1. The van der Waals surface area contributed by atoms with Crippen LogP contribution in [0.25, 0.3) is 0 Å². The van der Waals surface area contributed by atoms with E-state index in [1.165, 1.54) is 0 Å². The number of anilines is 2. The number of amides is 1. The lowest BCUT2D eigenvalue weighted by atomic mass is 9.92. The lowest BCUT2D eigenvalue weighted by Gasteiger charge is -2.27. The van der Waals surface area contributed by atoms with Crippen LogP contribution in [0.4, 0.5) is 16.2 Å². The Morgan fingerprint density at radius 3 is 2.40 bits per heavy atom. The summed E-state index contributed by atoms with van der Waals surface area (Å²) in [5.41, 5.74) is 7.71. The number of rotatable bonds is 4. The van der Waals surface area contributed by atoms with Crippen molar-refractivity contribution >= 4 is 17.5 Å². The van der Waals surface area contributed by atoms with Gasteiger partial charge in [0, 0.05) is 23.5 Å². The normalized spacial score (nSPS) is 22.1. The Balaban J connectivity index is 1.83. The molecule has 1 aromatic rings. The van der Waals surface area contributed by atoms with Crippen LogP contribution in [0, 0.1) is 0 Å². The second-order valence-corrected chi connectivity index (χ2v) is 5.18. The van der Waals surface area contributed by atoms with Crippen LogP contribution in [0.3, 0.4) is 0 Å². The van der Waals surface area contributed by atoms with Crippen LogP contribution in [0.1, 0.15) is 32.6 Å². The number of nitrogens with one attached hydrogen (secondary N) is 2. The minimum atomic E-state index is -0.422. The molecule has 0 unspecified atom stereocenters. The molecule has 1 amide bonds. The minimum absolute atomic E-state index is 0.365. The van der Waals surface area contributed by atoms with Crippen molar-refractivity contribution in [1.29, 1.82) is 0 Å². The molecule has 2 rings (SSSR count). The van der Waals surface area contributed by atoms with E-state index in [1.807, 2.05) is 24.3 Å². The van der Waals surface area contributed by atoms with E-state index in [0.29, 0.717) is 18.7 Å². The van der Waals surface area contributed by atoms with Gasteiger partial charge < -0.3 is 15.8 Å². The van der Waals surface area contributed by atoms with Crippen molar-refractivity contribution in [2.24, 2.45) is 5.73 Å². The molecule has 5 heteroatoms. The molecule has 0 spiro atoms. The first-order chi connectivity index (χ1) is 9.67. The van der Waals surface area contributed by atoms with E-state index in [2.05, 4.69) is 10.6 Å². The topological polar surface area (TPSA) is 76.4 Å². The molecule has 5 nitrogen and oxygen atoms in total. The van der Waals surface area contributed by atoms with Gasteiger partial charge in [0.15, 0.2) is 0 Å². The molecule has 0 radical (unpaired) electrons. The first-order valence-electron chi connectivity index (χ1n) is 7.23. The highest BCUT2D eigenvalue weighted by atomic mass is 16.5. The predicted molar refractivity (Wildman–Crippen MR) is 80.9 cm³/mol. The molecule has 1 fully saturated rings. The van der Waals surface area contributed by atoms with Crippen LogP contribution in [-0.2, 0) is 4.74 Å². The zero-order chi connectivity index (χ0) is 14.4. The summed E-state index contributed by atoms with van der Waals surface area (Å²) in [4.78, 5) is 11.3. The molecule has 0 saturated heterocycles. The average molecular weight is 277 g/mol. The van der Waals surface area contributed by atoms with E-state index < -0.39 is 6.09 Å². The Bertz CT molecular complexity index is 425. The molecule has 4 N–H and O–H groups in total. The zero-order valence-electron chi connectivity index (χ0n) is 11.9. The van der Waals surface area contributed by atoms with E-state index in [4.69, 9.17) is 10.5 Å². The van der Waals surface area contributed by atoms with Crippen molar-refractivity contribution in [2.75, 3.05) is 17.2 Å². The fourth-order valence-corrected chi connectivity index (χ4v) is 2.43. The average Bonchev–Trinajstić information content (AvgIpc) is 2.44. The van der Waals surface area contributed by atoms with Gasteiger partial charge in [0.2, 0.25) is 0 Å². The molecule has 1 aliphatic rings. The summed E-state index contributed by atoms with van der Waals surface area (Å²) in [6.07, 6.45) is 3.98. The van der Waals surface area contributed by atoms with Crippen LogP contribution in [0.2, 0.25) is 0 Å². The summed E-state index contributed by atoms with van der Waals surface area (Å²) < 4.78 is 4.83. The molecule has 0 heterocycles. The maximum Gasteiger partial charge on any atom is 0.411 e. The first-order valence-corrected chi connectivity index (χ1v) is 7.23. The smallest absolute Gasteiger partial charge is 0.411 e. The van der Waals surface area contributed by atoms with Gasteiger partial charge in [-0.25, -0.2) is 4.79 Å². The monoisotopic (exact) mass is 277 g/mol. The first kappa shape index (κ1) is 14.7. The fourth-order valence-electron chi connectivity index (χ4n) is 2.43. The molecular formula is C15H23N3O2. The molecule has 1 aliphatic carbocycles. The number of carbonyl (C=O) groups excluding carboxylic acids is 1. The van der Waals surface area contributed by atoms with Gasteiger partial charge in [-0.2, -0.15) is 0 Å². The molecule has 1 aromatic carbocycles. The third-order valence-electron chi connectivity index (χ3n) is 3.55. The number of carbonyl (C=O) groups is 1. The van der Waals surface area contributed by atoms with Crippen molar-refractivity contribution < 1.29 is 9.53 Å². The summed E-state index contributed by atoms with van der Waals surface area (Å²) in [7, 11) is 0. The highest BCUT2D eigenvalue weighted by molar-refractivity contribution is 5.84. The number of hydrogen-bond donors (Lipinski definition) is 3. The van der Waals surface area contributed by atoms with Gasteiger partial charge in [-0.15, -0.1) is 0 Å². The molecule has 0 aromatic heterocycles. The van der Waals surface area contributed by atoms with E-state index >= 15 is 0 Å². The van der Waals surface area contributed by atoms with E-state index in [-0.39, 0.29) is 0 Å². The molecule has 1 saturated carbocycles. The highest BCUT2D eigenvalue weighted by Gasteiger charge is 2.17. The van der Waals surface area contributed by atoms with Crippen LogP contribution < -0.4 is 16.4 Å². The van der Waals surface area contributed by atoms with Crippen LogP contribution in [0.5, 0.6) is 0 Å². The largest absolute Gasteiger partial charge is 0.450 e. The number of hydrogen-bond acceptors (Lipinski definition) is 4. The van der Waals surface area contributed by atoms with Gasteiger partial charge in [0.25, 0.3) is 0 Å². The second kappa shape index (κ2) is 7.14. The SMILES string of the molecule is CCOC(=O)Nc1ccc(NC2CCC(N)CC2)cc1. The third kappa shape index (κ3) is 4.42. The Kier molecular flexibility index (Phi) is 5.24. The molecule has 0 bridgehead atoms. The molecule has 0 atom stereocenters. The van der Waals surface area contributed by atoms with Crippen molar-refractivity contribution in [1.82, 2.24) is 0 Å². The standard InChI is InChI=1S/C15H23N3O2/c1-2-20-15(19)18-14-9-7-13(8-10-14)17-12-5-3-11(16)4-6-12/h7-12,17H,2-6,16H2,1H3,(H,18,19). The van der Waals surface area contributed by atoms with Crippen LogP contribution >= 0.6 is 0 Å². The highest BCUT2D eigenvalue weighted by Crippen LogP contribution is 2.22. The van der Waals surface area contributed by atoms with Gasteiger partial charge in [-0.3, -0.25) is 5.32 Å². The van der Waals surface area contributed by atoms with Gasteiger partial charge in [0.05, 0.1) is 6.61 Å². The summed E-state index contributed by atoms with van der Waals surface area (Å²) in [6, 6.07) is 8.54. The maximum atomic E-state index is 11.3. The third-order valence-corrected chi connectivity index (χ3v) is 3.55. The van der Waals surface area contributed by atoms with E-state index in [9.17, 15) is 4.79 Å².